The van der Waals surface area contributed by atoms with Gasteiger partial charge in [0.05, 0.1) is 32.2 Å². The van der Waals surface area contributed by atoms with Gasteiger partial charge in [-0.15, -0.1) is 12.3 Å². The van der Waals surface area contributed by atoms with E-state index in [4.69, 9.17) is 23.6 Å². The standard InChI is InChI=1S/C38H51N11O8/c1-2-9-28(35(41)54)47-33(52)21-43-32(51)20-46-38(57)30(17-24-18-42-27-13-6-5-12-25(24)27)48-34(53)22-44-31(50)19-45-37(56)29(14-7-8-15-39)49-36(55)26(40)16-23-10-3-4-11-23/h1,3-6,10-13,18,23,26,28-30,42H,7-9,14-17,19-22,39-40H2,(H2,41,54)(H,43,51)(H,44,50)(H,45,56)(H,46,57)(H,47,52)(H,48,53)(H,49,55)/t26-,28-,29-,30-/m0/s1. The van der Waals surface area contributed by atoms with Crippen molar-refractivity contribution in [1.82, 2.24) is 42.2 Å². The Morgan fingerprint density at radius 1 is 0.737 bits per heavy atom. The van der Waals surface area contributed by atoms with Gasteiger partial charge in [-0.3, -0.25) is 38.4 Å². The van der Waals surface area contributed by atoms with E-state index in [1.54, 1.807) is 12.3 Å². The van der Waals surface area contributed by atoms with Crippen LogP contribution in [-0.2, 0) is 44.8 Å². The average molecular weight is 790 g/mol. The number of aromatic amines is 1. The quantitative estimate of drug-likeness (QED) is 0.0372. The van der Waals surface area contributed by atoms with E-state index < -0.39 is 97.6 Å². The molecule has 0 saturated carbocycles. The van der Waals surface area contributed by atoms with Gasteiger partial charge in [-0.05, 0) is 49.8 Å². The molecule has 1 aromatic heterocycles. The van der Waals surface area contributed by atoms with Gasteiger partial charge in [-0.1, -0.05) is 42.5 Å². The Morgan fingerprint density at radius 3 is 1.91 bits per heavy atom. The Kier molecular flexibility index (Phi) is 18.4. The minimum Gasteiger partial charge on any atom is -0.368 e. The maximum atomic E-state index is 13.3. The van der Waals surface area contributed by atoms with Crippen LogP contribution in [0.5, 0.6) is 0 Å². The molecule has 8 amide bonds. The number of amides is 8. The second-order valence-corrected chi connectivity index (χ2v) is 13.2. The minimum absolute atomic E-state index is 0.00568. The lowest BCUT2D eigenvalue weighted by Gasteiger charge is -2.21. The van der Waals surface area contributed by atoms with Crippen LogP contribution in [0, 0.1) is 18.3 Å². The Morgan fingerprint density at radius 2 is 1.32 bits per heavy atom. The summed E-state index contributed by atoms with van der Waals surface area (Å²) in [5, 5.41) is 17.9. The molecule has 3 rings (SSSR count). The van der Waals surface area contributed by atoms with Crippen molar-refractivity contribution in [2.75, 3.05) is 32.7 Å². The maximum absolute atomic E-state index is 13.3. The molecule has 1 aliphatic carbocycles. The van der Waals surface area contributed by atoms with Crippen LogP contribution in [0.15, 0.2) is 54.8 Å². The van der Waals surface area contributed by atoms with Crippen molar-refractivity contribution in [3.63, 3.8) is 0 Å². The van der Waals surface area contributed by atoms with Gasteiger partial charge in [0.25, 0.3) is 0 Å². The van der Waals surface area contributed by atoms with E-state index in [1.807, 2.05) is 42.5 Å². The van der Waals surface area contributed by atoms with E-state index in [1.165, 1.54) is 0 Å². The molecule has 0 radical (unpaired) electrons. The number of unbranched alkanes of at least 4 members (excludes halogenated alkanes) is 1. The van der Waals surface area contributed by atoms with Crippen LogP contribution in [-0.4, -0.2) is 109 Å². The molecule has 0 aliphatic heterocycles. The van der Waals surface area contributed by atoms with Crippen molar-refractivity contribution in [1.29, 1.82) is 0 Å². The molecule has 1 heterocycles. The van der Waals surface area contributed by atoms with E-state index in [0.29, 0.717) is 31.4 Å². The predicted octanol–water partition coefficient (Wildman–Crippen LogP) is -3.27. The predicted molar refractivity (Wildman–Crippen MR) is 210 cm³/mol. The third-order valence-electron chi connectivity index (χ3n) is 8.76. The summed E-state index contributed by atoms with van der Waals surface area (Å²) >= 11 is 0. The van der Waals surface area contributed by atoms with Gasteiger partial charge in [0.1, 0.15) is 18.1 Å². The molecule has 0 unspecified atom stereocenters. The number of aromatic nitrogens is 1. The summed E-state index contributed by atoms with van der Waals surface area (Å²) in [5.74, 6) is -3.45. The zero-order valence-electron chi connectivity index (χ0n) is 31.4. The van der Waals surface area contributed by atoms with Crippen molar-refractivity contribution in [2.45, 2.75) is 62.7 Å². The molecule has 0 bridgehead atoms. The van der Waals surface area contributed by atoms with Crippen LogP contribution < -0.4 is 54.4 Å². The third kappa shape index (κ3) is 15.6. The maximum Gasteiger partial charge on any atom is 0.243 e. The van der Waals surface area contributed by atoms with Gasteiger partial charge in [0.15, 0.2) is 0 Å². The molecule has 0 spiro atoms. The summed E-state index contributed by atoms with van der Waals surface area (Å²) in [6.07, 6.45) is 16.0. The molecule has 57 heavy (non-hydrogen) atoms. The van der Waals surface area contributed by atoms with Gasteiger partial charge in [-0.2, -0.15) is 0 Å². The number of benzene rings is 1. The SMILES string of the molecule is C#CC[C@H](NC(=O)CNC(=O)CNC(=O)[C@H](Cc1c[nH]c2ccccc12)NC(=O)CNC(=O)CNC(=O)[C@H](CCCCN)NC(=O)[C@@H](N)CC1C=CC=C1)C(N)=O. The fourth-order valence-corrected chi connectivity index (χ4v) is 5.70. The Hall–Kier alpha value is -6.52. The average Bonchev–Trinajstić information content (AvgIpc) is 3.86. The number of hydrogen-bond donors (Lipinski definition) is 11. The van der Waals surface area contributed by atoms with Gasteiger partial charge in [-0.25, -0.2) is 0 Å². The molecule has 19 heteroatoms. The zero-order valence-corrected chi connectivity index (χ0v) is 31.4. The van der Waals surface area contributed by atoms with Crippen molar-refractivity contribution >= 4 is 58.2 Å². The first-order valence-corrected chi connectivity index (χ1v) is 18.4. The third-order valence-corrected chi connectivity index (χ3v) is 8.76. The first-order chi connectivity index (χ1) is 27.3. The van der Waals surface area contributed by atoms with E-state index in [0.717, 1.165) is 10.9 Å². The van der Waals surface area contributed by atoms with Crippen LogP contribution in [0.1, 0.15) is 37.7 Å². The normalized spacial score (nSPS) is 14.0. The fraction of sp³-hybridized carbons (Fsp3) is 0.421. The largest absolute Gasteiger partial charge is 0.368 e. The zero-order chi connectivity index (χ0) is 41.7. The number of nitrogens with two attached hydrogens (primary N) is 3. The number of carbonyl (C=O) groups excluding carboxylic acids is 8. The smallest absolute Gasteiger partial charge is 0.243 e. The number of terminal acetylenes is 1. The van der Waals surface area contributed by atoms with E-state index in [-0.39, 0.29) is 25.2 Å². The Labute approximate surface area is 329 Å². The summed E-state index contributed by atoms with van der Waals surface area (Å²) < 4.78 is 0. The minimum atomic E-state index is -1.21. The summed E-state index contributed by atoms with van der Waals surface area (Å²) in [7, 11) is 0. The fourth-order valence-electron chi connectivity index (χ4n) is 5.70. The van der Waals surface area contributed by atoms with E-state index in [2.05, 4.69) is 48.1 Å². The summed E-state index contributed by atoms with van der Waals surface area (Å²) in [5.41, 5.74) is 18.3. The van der Waals surface area contributed by atoms with Crippen molar-refractivity contribution < 1.29 is 38.4 Å². The molecule has 19 nitrogen and oxygen atoms in total. The summed E-state index contributed by atoms with van der Waals surface area (Å²) in [6, 6.07) is 3.11. The molecule has 1 aromatic carbocycles. The first-order valence-electron chi connectivity index (χ1n) is 18.4. The number of para-hydroxylation sites is 1. The van der Waals surface area contributed by atoms with Gasteiger partial charge >= 0.3 is 0 Å². The number of nitrogens with one attached hydrogen (secondary N) is 8. The van der Waals surface area contributed by atoms with E-state index in [9.17, 15) is 38.4 Å². The van der Waals surface area contributed by atoms with Crippen LogP contribution in [0.3, 0.4) is 0 Å². The lowest BCUT2D eigenvalue weighted by atomic mass is 10.0. The van der Waals surface area contributed by atoms with Crippen molar-refractivity contribution in [2.24, 2.45) is 23.1 Å². The first kappa shape index (κ1) is 44.9. The van der Waals surface area contributed by atoms with Crippen LogP contribution in [0.2, 0.25) is 0 Å². The number of carbonyl (C=O) groups is 8. The lowest BCUT2D eigenvalue weighted by Crippen LogP contribution is -2.54. The van der Waals surface area contributed by atoms with Crippen LogP contribution >= 0.6 is 0 Å². The molecule has 306 valence electrons. The van der Waals surface area contributed by atoms with Gasteiger partial charge in [0, 0.05) is 29.9 Å². The Balaban J connectivity index is 1.54. The molecule has 14 N–H and O–H groups in total. The van der Waals surface area contributed by atoms with Crippen LogP contribution in [0.25, 0.3) is 10.9 Å². The van der Waals surface area contributed by atoms with Crippen molar-refractivity contribution in [3.8, 4) is 12.3 Å². The number of rotatable bonds is 24. The highest BCUT2D eigenvalue weighted by molar-refractivity contribution is 5.95. The highest BCUT2D eigenvalue weighted by Crippen LogP contribution is 2.19. The van der Waals surface area contributed by atoms with Crippen LogP contribution in [0.4, 0.5) is 0 Å². The second kappa shape index (κ2) is 23.4. The van der Waals surface area contributed by atoms with E-state index >= 15 is 0 Å². The highest BCUT2D eigenvalue weighted by Gasteiger charge is 2.26. The molecule has 0 saturated heterocycles. The molecule has 0 fully saturated rings. The Bertz CT molecular complexity index is 1860. The monoisotopic (exact) mass is 789 g/mol. The van der Waals surface area contributed by atoms with Gasteiger partial charge < -0.3 is 59.4 Å². The topological polar surface area (TPSA) is 315 Å². The number of allylic oxidation sites excluding steroid dienone is 4. The summed E-state index contributed by atoms with van der Waals surface area (Å²) in [6.45, 7) is -1.79. The molecule has 4 atom stereocenters. The second-order valence-electron chi connectivity index (χ2n) is 13.2. The molecule has 2 aromatic rings. The number of H-pyrrole nitrogens is 1. The molecular formula is C38H51N11O8. The molecular weight excluding hydrogens is 738 g/mol. The number of hydrogen-bond acceptors (Lipinski definition) is 10. The highest BCUT2D eigenvalue weighted by atomic mass is 16.2. The number of fused-ring (bicyclic) bond motifs is 1. The molecule has 1 aliphatic rings. The van der Waals surface area contributed by atoms with Gasteiger partial charge in [0.2, 0.25) is 47.3 Å². The van der Waals surface area contributed by atoms with Crippen molar-refractivity contribution in [3.05, 3.63) is 60.3 Å². The lowest BCUT2D eigenvalue weighted by molar-refractivity contribution is -0.132. The summed E-state index contributed by atoms with van der Waals surface area (Å²) in [4.78, 5) is 104. The number of primary amides is 1.